The molecule has 2 saturated heterocycles. The highest BCUT2D eigenvalue weighted by molar-refractivity contribution is 6.01. The second-order valence-electron chi connectivity index (χ2n) is 7.50. The first-order valence-electron chi connectivity index (χ1n) is 9.37. The normalized spacial score (nSPS) is 28.4. The van der Waals surface area contributed by atoms with Gasteiger partial charge in [0.2, 0.25) is 0 Å². The number of likely N-dealkylation sites (N-methyl/N-ethyl adjacent to an activating group) is 1. The fourth-order valence-corrected chi connectivity index (χ4v) is 4.11. The first kappa shape index (κ1) is 17.9. The van der Waals surface area contributed by atoms with E-state index in [1.165, 1.54) is 4.90 Å². The van der Waals surface area contributed by atoms with Crippen LogP contribution >= 0.6 is 0 Å². The first-order chi connectivity index (χ1) is 12.9. The van der Waals surface area contributed by atoms with Crippen molar-refractivity contribution in [3.63, 3.8) is 0 Å². The molecule has 2 fully saturated rings. The molecule has 3 atom stereocenters. The predicted molar refractivity (Wildman–Crippen MR) is 102 cm³/mol. The zero-order valence-electron chi connectivity index (χ0n) is 16.2. The van der Waals surface area contributed by atoms with Gasteiger partial charge >= 0.3 is 6.03 Å². The molecule has 3 aliphatic heterocycles. The molecule has 3 unspecified atom stereocenters. The van der Waals surface area contributed by atoms with Crippen LogP contribution in [0.4, 0.5) is 4.79 Å². The lowest BCUT2D eigenvalue weighted by Crippen LogP contribution is -2.66. The molecule has 1 N–H and O–H groups in total. The summed E-state index contributed by atoms with van der Waals surface area (Å²) < 4.78 is 0. The summed E-state index contributed by atoms with van der Waals surface area (Å²) in [5.74, 6) is -0.149. The van der Waals surface area contributed by atoms with Crippen molar-refractivity contribution in [2.24, 2.45) is 5.10 Å². The molecule has 27 heavy (non-hydrogen) atoms. The van der Waals surface area contributed by atoms with Gasteiger partial charge in [-0.25, -0.2) is 9.69 Å². The van der Waals surface area contributed by atoms with Crippen molar-refractivity contribution >= 4 is 17.6 Å². The number of urea groups is 1. The summed E-state index contributed by atoms with van der Waals surface area (Å²) in [5, 5.41) is 9.94. The van der Waals surface area contributed by atoms with E-state index >= 15 is 0 Å². The summed E-state index contributed by atoms with van der Waals surface area (Å²) in [7, 11) is 1.75. The molecule has 4 rings (SSSR count). The van der Waals surface area contributed by atoms with E-state index in [9.17, 15) is 9.59 Å². The number of hydrogen-bond acceptors (Lipinski definition) is 6. The molecule has 0 spiro atoms. The molecular formula is C19H26N6O2. The Kier molecular flexibility index (Phi) is 4.39. The maximum absolute atomic E-state index is 13.3. The van der Waals surface area contributed by atoms with Crippen molar-refractivity contribution < 1.29 is 9.59 Å². The quantitative estimate of drug-likeness (QED) is 0.859. The van der Waals surface area contributed by atoms with Gasteiger partial charge < -0.3 is 4.90 Å². The standard InChI is InChI=1S/C19H26N6O2/c1-5-25-18-20-16-15(23(18)10-13(3)21-25)17(26)24(19(27)22(16)4)11-14-8-6-12(2)7-9-14/h6-9,15-16,18,20H,5,10-11H2,1-4H3. The van der Waals surface area contributed by atoms with Crippen molar-refractivity contribution in [3.8, 4) is 0 Å². The van der Waals surface area contributed by atoms with Gasteiger partial charge in [-0.3, -0.25) is 20.0 Å². The van der Waals surface area contributed by atoms with Gasteiger partial charge in [-0.2, -0.15) is 5.10 Å². The van der Waals surface area contributed by atoms with Crippen LogP contribution in [-0.2, 0) is 11.3 Å². The van der Waals surface area contributed by atoms with E-state index < -0.39 is 6.04 Å². The van der Waals surface area contributed by atoms with Crippen LogP contribution in [-0.4, -0.2) is 76.0 Å². The molecule has 8 heteroatoms. The molecule has 144 valence electrons. The SMILES string of the molecule is CCN1N=C(C)CN2C3C(=O)N(Cc4ccc(C)cc4)C(=O)N(C)C3NC12. The maximum atomic E-state index is 13.3. The number of imide groups is 1. The second kappa shape index (κ2) is 6.61. The molecule has 0 saturated carbocycles. The number of hydrogen-bond donors (Lipinski definition) is 1. The minimum Gasteiger partial charge on any atom is -0.310 e. The molecule has 1 aromatic carbocycles. The number of fused-ring (bicyclic) bond motifs is 3. The average molecular weight is 370 g/mol. The number of nitrogens with zero attached hydrogens (tertiary/aromatic N) is 5. The summed E-state index contributed by atoms with van der Waals surface area (Å²) in [6.07, 6.45) is -0.522. The monoisotopic (exact) mass is 370 g/mol. The predicted octanol–water partition coefficient (Wildman–Crippen LogP) is 0.984. The van der Waals surface area contributed by atoms with Gasteiger partial charge in [-0.15, -0.1) is 0 Å². The number of amides is 3. The van der Waals surface area contributed by atoms with Crippen LogP contribution in [0.2, 0.25) is 0 Å². The van der Waals surface area contributed by atoms with E-state index in [-0.39, 0.29) is 30.9 Å². The molecule has 0 bridgehead atoms. The van der Waals surface area contributed by atoms with E-state index in [0.717, 1.165) is 23.4 Å². The van der Waals surface area contributed by atoms with E-state index in [4.69, 9.17) is 0 Å². The third-order valence-corrected chi connectivity index (χ3v) is 5.54. The van der Waals surface area contributed by atoms with Gasteiger partial charge in [0.15, 0.2) is 6.29 Å². The molecular weight excluding hydrogens is 344 g/mol. The van der Waals surface area contributed by atoms with Crippen LogP contribution in [0.3, 0.4) is 0 Å². The maximum Gasteiger partial charge on any atom is 0.328 e. The lowest BCUT2D eigenvalue weighted by atomic mass is 10.1. The fourth-order valence-electron chi connectivity index (χ4n) is 4.11. The second-order valence-corrected chi connectivity index (χ2v) is 7.50. The smallest absolute Gasteiger partial charge is 0.310 e. The molecule has 3 heterocycles. The Morgan fingerprint density at radius 3 is 2.56 bits per heavy atom. The Hall–Kier alpha value is -2.45. The number of benzene rings is 1. The minimum atomic E-state index is -0.414. The highest BCUT2D eigenvalue weighted by Crippen LogP contribution is 2.30. The lowest BCUT2D eigenvalue weighted by molar-refractivity contribution is -0.139. The first-order valence-corrected chi connectivity index (χ1v) is 9.37. The molecule has 3 amide bonds. The van der Waals surface area contributed by atoms with Crippen molar-refractivity contribution in [2.75, 3.05) is 20.1 Å². The van der Waals surface area contributed by atoms with Gasteiger partial charge in [0.1, 0.15) is 12.2 Å². The summed E-state index contributed by atoms with van der Waals surface area (Å²) >= 11 is 0. The number of aryl methyl sites for hydroxylation is 1. The summed E-state index contributed by atoms with van der Waals surface area (Å²) in [5.41, 5.74) is 3.06. The van der Waals surface area contributed by atoms with Crippen LogP contribution in [0.5, 0.6) is 0 Å². The summed E-state index contributed by atoms with van der Waals surface area (Å²) in [6.45, 7) is 7.64. The Morgan fingerprint density at radius 2 is 1.89 bits per heavy atom. The Morgan fingerprint density at radius 1 is 1.19 bits per heavy atom. The molecule has 0 aromatic heterocycles. The zero-order valence-corrected chi connectivity index (χ0v) is 16.2. The van der Waals surface area contributed by atoms with Crippen LogP contribution < -0.4 is 5.32 Å². The minimum absolute atomic E-state index is 0.149. The van der Waals surface area contributed by atoms with Crippen LogP contribution in [0.15, 0.2) is 29.4 Å². The molecule has 0 aliphatic carbocycles. The number of rotatable bonds is 3. The van der Waals surface area contributed by atoms with Crippen molar-refractivity contribution in [3.05, 3.63) is 35.4 Å². The Labute approximate surface area is 159 Å². The van der Waals surface area contributed by atoms with Gasteiger partial charge in [0.05, 0.1) is 6.54 Å². The molecule has 3 aliphatic rings. The van der Waals surface area contributed by atoms with Crippen LogP contribution in [0.1, 0.15) is 25.0 Å². The van der Waals surface area contributed by atoms with Gasteiger partial charge in [0.25, 0.3) is 5.91 Å². The number of nitrogens with one attached hydrogen (secondary N) is 1. The van der Waals surface area contributed by atoms with Gasteiger partial charge in [0, 0.05) is 25.8 Å². The van der Waals surface area contributed by atoms with Crippen molar-refractivity contribution in [2.45, 2.75) is 45.8 Å². The third kappa shape index (κ3) is 2.89. The Balaban J connectivity index is 1.63. The topological polar surface area (TPSA) is 71.5 Å². The zero-order chi connectivity index (χ0) is 19.3. The Bertz CT molecular complexity index is 792. The largest absolute Gasteiger partial charge is 0.328 e. The summed E-state index contributed by atoms with van der Waals surface area (Å²) in [6, 6.07) is 7.25. The third-order valence-electron chi connectivity index (χ3n) is 5.54. The number of hydrazone groups is 1. The highest BCUT2D eigenvalue weighted by atomic mass is 16.2. The van der Waals surface area contributed by atoms with Gasteiger partial charge in [-0.05, 0) is 26.3 Å². The highest BCUT2D eigenvalue weighted by Gasteiger charge is 2.56. The molecule has 8 nitrogen and oxygen atoms in total. The van der Waals surface area contributed by atoms with E-state index in [1.54, 1.807) is 11.9 Å². The number of carbonyl (C=O) groups is 2. The van der Waals surface area contributed by atoms with Crippen molar-refractivity contribution in [1.29, 1.82) is 0 Å². The molecule has 1 aromatic rings. The van der Waals surface area contributed by atoms with Crippen molar-refractivity contribution in [1.82, 2.24) is 25.0 Å². The van der Waals surface area contributed by atoms with E-state index in [2.05, 4.69) is 15.3 Å². The lowest BCUT2D eigenvalue weighted by Gasteiger charge is -2.42. The number of carbonyl (C=O) groups excluding carboxylic acids is 2. The fraction of sp³-hybridized carbons (Fsp3) is 0.526. The van der Waals surface area contributed by atoms with E-state index in [0.29, 0.717) is 6.54 Å². The molecule has 0 radical (unpaired) electrons. The van der Waals surface area contributed by atoms with Crippen LogP contribution in [0, 0.1) is 6.92 Å². The van der Waals surface area contributed by atoms with E-state index in [1.807, 2.05) is 50.0 Å². The van der Waals surface area contributed by atoms with Crippen LogP contribution in [0.25, 0.3) is 0 Å². The van der Waals surface area contributed by atoms with Gasteiger partial charge in [-0.1, -0.05) is 29.8 Å². The summed E-state index contributed by atoms with van der Waals surface area (Å²) in [4.78, 5) is 31.4. The average Bonchev–Trinajstić information content (AvgIpc) is 3.04.